The summed E-state index contributed by atoms with van der Waals surface area (Å²) in [6.07, 6.45) is 1.88. The first-order valence-electron chi connectivity index (χ1n) is 8.24. The molecule has 0 amide bonds. The molecule has 118 valence electrons. The van der Waals surface area contributed by atoms with Gasteiger partial charge in [0, 0.05) is 38.9 Å². The molecule has 0 spiro atoms. The maximum absolute atomic E-state index is 4.44. The van der Waals surface area contributed by atoms with Crippen LogP contribution in [0.3, 0.4) is 0 Å². The number of anilines is 1. The molecule has 2 rings (SSSR count). The van der Waals surface area contributed by atoms with Crippen LogP contribution in [0.4, 0.5) is 5.82 Å². The normalized spacial score (nSPS) is 18.2. The van der Waals surface area contributed by atoms with Crippen LogP contribution in [0.15, 0.2) is 24.4 Å². The summed E-state index contributed by atoms with van der Waals surface area (Å²) >= 11 is 0. The van der Waals surface area contributed by atoms with Gasteiger partial charge < -0.3 is 10.2 Å². The Morgan fingerprint density at radius 3 is 2.48 bits per heavy atom. The molecule has 1 N–H and O–H groups in total. The molecular formula is C17H30N4. The maximum atomic E-state index is 4.44. The summed E-state index contributed by atoms with van der Waals surface area (Å²) in [4.78, 5) is 9.41. The van der Waals surface area contributed by atoms with Crippen molar-refractivity contribution in [2.45, 2.75) is 20.8 Å². The highest BCUT2D eigenvalue weighted by molar-refractivity contribution is 5.38. The highest BCUT2D eigenvalue weighted by atomic mass is 15.3. The van der Waals surface area contributed by atoms with E-state index >= 15 is 0 Å². The summed E-state index contributed by atoms with van der Waals surface area (Å²) in [6.45, 7) is 14.8. The van der Waals surface area contributed by atoms with Gasteiger partial charge in [-0.1, -0.05) is 26.8 Å². The van der Waals surface area contributed by atoms with Crippen LogP contribution >= 0.6 is 0 Å². The van der Waals surface area contributed by atoms with Crippen molar-refractivity contribution in [1.29, 1.82) is 0 Å². The first-order chi connectivity index (χ1) is 10.1. The van der Waals surface area contributed by atoms with Gasteiger partial charge in [-0.15, -0.1) is 0 Å². The number of nitrogens with one attached hydrogen (secondary N) is 1. The summed E-state index contributed by atoms with van der Waals surface area (Å²) in [7, 11) is 0. The van der Waals surface area contributed by atoms with E-state index in [1.54, 1.807) is 0 Å². The number of rotatable bonds is 7. The van der Waals surface area contributed by atoms with Gasteiger partial charge in [0.2, 0.25) is 0 Å². The summed E-state index contributed by atoms with van der Waals surface area (Å²) in [5.74, 6) is 2.56. The molecule has 1 aliphatic heterocycles. The quantitative estimate of drug-likeness (QED) is 0.833. The molecule has 2 heterocycles. The fourth-order valence-electron chi connectivity index (χ4n) is 2.82. The van der Waals surface area contributed by atoms with Crippen molar-refractivity contribution in [2.24, 2.45) is 11.8 Å². The molecule has 0 bridgehead atoms. The van der Waals surface area contributed by atoms with E-state index in [0.29, 0.717) is 5.92 Å². The largest absolute Gasteiger partial charge is 0.354 e. The molecule has 21 heavy (non-hydrogen) atoms. The molecule has 4 nitrogen and oxygen atoms in total. The molecular weight excluding hydrogens is 260 g/mol. The summed E-state index contributed by atoms with van der Waals surface area (Å²) in [5, 5.41) is 3.56. The lowest BCUT2D eigenvalue weighted by Crippen LogP contribution is -2.48. The minimum atomic E-state index is 0.713. The molecule has 0 saturated carbocycles. The van der Waals surface area contributed by atoms with Crippen molar-refractivity contribution < 1.29 is 0 Å². The van der Waals surface area contributed by atoms with Crippen molar-refractivity contribution in [3.8, 4) is 0 Å². The minimum absolute atomic E-state index is 0.713. The van der Waals surface area contributed by atoms with Crippen LogP contribution in [0.2, 0.25) is 0 Å². The third-order valence-electron chi connectivity index (χ3n) is 3.96. The van der Waals surface area contributed by atoms with Crippen molar-refractivity contribution in [3.63, 3.8) is 0 Å². The SMILES string of the molecule is CC(C)CNCC(C)CN1CCN(c2ccccn2)CC1. The third kappa shape index (κ3) is 5.64. The number of pyridine rings is 1. The van der Waals surface area contributed by atoms with Crippen LogP contribution in [0, 0.1) is 11.8 Å². The van der Waals surface area contributed by atoms with Gasteiger partial charge >= 0.3 is 0 Å². The van der Waals surface area contributed by atoms with Gasteiger partial charge in [0.15, 0.2) is 0 Å². The zero-order valence-electron chi connectivity index (χ0n) is 13.8. The standard InChI is InChI=1S/C17H30N4/c1-15(2)12-18-13-16(3)14-20-8-10-21(11-9-20)17-6-4-5-7-19-17/h4-7,15-16,18H,8-14H2,1-3H3. The Balaban J connectivity index is 1.67. The van der Waals surface area contributed by atoms with Crippen LogP contribution in [0.25, 0.3) is 0 Å². The van der Waals surface area contributed by atoms with Crippen molar-refractivity contribution in [3.05, 3.63) is 24.4 Å². The van der Waals surface area contributed by atoms with Crippen molar-refractivity contribution in [1.82, 2.24) is 15.2 Å². The predicted molar refractivity (Wildman–Crippen MR) is 89.8 cm³/mol. The predicted octanol–water partition coefficient (Wildman–Crippen LogP) is 2.09. The van der Waals surface area contributed by atoms with Gasteiger partial charge in [0.05, 0.1) is 0 Å². The van der Waals surface area contributed by atoms with E-state index in [0.717, 1.165) is 51.0 Å². The molecule has 1 fully saturated rings. The summed E-state index contributed by atoms with van der Waals surface area (Å²) in [5.41, 5.74) is 0. The van der Waals surface area contributed by atoms with Crippen molar-refractivity contribution in [2.75, 3.05) is 50.7 Å². The minimum Gasteiger partial charge on any atom is -0.354 e. The summed E-state index contributed by atoms with van der Waals surface area (Å²) < 4.78 is 0. The molecule has 0 radical (unpaired) electrons. The van der Waals surface area contributed by atoms with Gasteiger partial charge in [-0.05, 0) is 37.1 Å². The molecule has 1 aromatic heterocycles. The Morgan fingerprint density at radius 1 is 1.10 bits per heavy atom. The highest BCUT2D eigenvalue weighted by Gasteiger charge is 2.19. The lowest BCUT2D eigenvalue weighted by molar-refractivity contribution is 0.221. The molecule has 4 heteroatoms. The van der Waals surface area contributed by atoms with Crippen LogP contribution in [-0.2, 0) is 0 Å². The van der Waals surface area contributed by atoms with Gasteiger partial charge in [-0.2, -0.15) is 0 Å². The monoisotopic (exact) mass is 290 g/mol. The van der Waals surface area contributed by atoms with E-state index in [1.165, 1.54) is 6.54 Å². The Hall–Kier alpha value is -1.13. The van der Waals surface area contributed by atoms with E-state index in [1.807, 2.05) is 12.3 Å². The van der Waals surface area contributed by atoms with E-state index in [4.69, 9.17) is 0 Å². The zero-order valence-corrected chi connectivity index (χ0v) is 13.8. The highest BCUT2D eigenvalue weighted by Crippen LogP contribution is 2.13. The second-order valence-electron chi connectivity index (χ2n) is 6.63. The lowest BCUT2D eigenvalue weighted by Gasteiger charge is -2.36. The van der Waals surface area contributed by atoms with Gasteiger partial charge in [-0.25, -0.2) is 4.98 Å². The second-order valence-corrected chi connectivity index (χ2v) is 6.63. The fourth-order valence-corrected chi connectivity index (χ4v) is 2.82. The first-order valence-corrected chi connectivity index (χ1v) is 8.24. The Bertz CT molecular complexity index is 385. The third-order valence-corrected chi connectivity index (χ3v) is 3.96. The van der Waals surface area contributed by atoms with E-state index in [2.05, 4.69) is 53.0 Å². The number of nitrogens with zero attached hydrogens (tertiary/aromatic N) is 3. The molecule has 1 aromatic rings. The van der Waals surface area contributed by atoms with Crippen LogP contribution < -0.4 is 10.2 Å². The fraction of sp³-hybridized carbons (Fsp3) is 0.706. The lowest BCUT2D eigenvalue weighted by atomic mass is 10.1. The Labute approximate surface area is 129 Å². The number of hydrogen-bond donors (Lipinski definition) is 1. The summed E-state index contributed by atoms with van der Waals surface area (Å²) in [6, 6.07) is 6.15. The molecule has 1 unspecified atom stereocenters. The smallest absolute Gasteiger partial charge is 0.128 e. The van der Waals surface area contributed by atoms with E-state index < -0.39 is 0 Å². The Morgan fingerprint density at radius 2 is 1.86 bits per heavy atom. The van der Waals surface area contributed by atoms with Gasteiger partial charge in [0.1, 0.15) is 5.82 Å². The molecule has 0 aromatic carbocycles. The number of aromatic nitrogens is 1. The molecule has 1 atom stereocenters. The Kier molecular flexibility index (Phi) is 6.46. The van der Waals surface area contributed by atoms with Gasteiger partial charge in [-0.3, -0.25) is 4.90 Å². The zero-order chi connectivity index (χ0) is 15.1. The topological polar surface area (TPSA) is 31.4 Å². The van der Waals surface area contributed by atoms with Crippen LogP contribution in [-0.4, -0.2) is 55.7 Å². The van der Waals surface area contributed by atoms with E-state index in [9.17, 15) is 0 Å². The first kappa shape index (κ1) is 16.2. The van der Waals surface area contributed by atoms with Crippen LogP contribution in [0.1, 0.15) is 20.8 Å². The number of hydrogen-bond acceptors (Lipinski definition) is 4. The van der Waals surface area contributed by atoms with Crippen molar-refractivity contribution >= 4 is 5.82 Å². The molecule has 0 aliphatic carbocycles. The average molecular weight is 290 g/mol. The van der Waals surface area contributed by atoms with Gasteiger partial charge in [0.25, 0.3) is 0 Å². The maximum Gasteiger partial charge on any atom is 0.128 e. The molecule has 1 saturated heterocycles. The van der Waals surface area contributed by atoms with Crippen LogP contribution in [0.5, 0.6) is 0 Å². The second kappa shape index (κ2) is 8.35. The average Bonchev–Trinajstić information content (AvgIpc) is 2.48. The molecule has 1 aliphatic rings. The van der Waals surface area contributed by atoms with E-state index in [-0.39, 0.29) is 0 Å². The number of piperazine rings is 1.